The molecule has 0 amide bonds. The molecular weight excluding hydrogens is 244 g/mol. The number of allylic oxidation sites excluding steroid dienone is 1. The summed E-state index contributed by atoms with van der Waals surface area (Å²) >= 11 is 0. The van der Waals surface area contributed by atoms with E-state index in [1.807, 2.05) is 20.8 Å². The van der Waals surface area contributed by atoms with Crippen molar-refractivity contribution in [3.05, 3.63) is 48.0 Å². The topological polar surface area (TPSA) is 17.1 Å². The molecule has 0 N–H and O–H groups in total. The van der Waals surface area contributed by atoms with Crippen LogP contribution in [-0.4, -0.2) is 5.78 Å². The first kappa shape index (κ1) is 18.6. The summed E-state index contributed by atoms with van der Waals surface area (Å²) in [5.74, 6) is 0.248. The van der Waals surface area contributed by atoms with Crippen LogP contribution in [0.3, 0.4) is 0 Å². The number of hydrogen-bond acceptors (Lipinski definition) is 1. The molecule has 1 aromatic rings. The molecule has 112 valence electrons. The Labute approximate surface area is 125 Å². The van der Waals surface area contributed by atoms with Crippen molar-refractivity contribution in [2.75, 3.05) is 0 Å². The highest BCUT2D eigenvalue weighted by molar-refractivity contribution is 5.81. The van der Waals surface area contributed by atoms with E-state index in [2.05, 4.69) is 51.6 Å². The van der Waals surface area contributed by atoms with Crippen LogP contribution < -0.4 is 0 Å². The quantitative estimate of drug-likeness (QED) is 0.680. The lowest BCUT2D eigenvalue weighted by atomic mass is 9.81. The molecule has 0 fully saturated rings. The van der Waals surface area contributed by atoms with Crippen LogP contribution in [0.5, 0.6) is 0 Å². The molecule has 0 atom stereocenters. The second kappa shape index (κ2) is 7.42. The Kier molecular flexibility index (Phi) is 6.91. The molecule has 1 rings (SSSR count). The van der Waals surface area contributed by atoms with Gasteiger partial charge in [0, 0.05) is 5.41 Å². The molecule has 1 nitrogen and oxygen atoms in total. The molecule has 0 aliphatic rings. The van der Waals surface area contributed by atoms with Crippen LogP contribution in [0.4, 0.5) is 0 Å². The van der Waals surface area contributed by atoms with Crippen molar-refractivity contribution in [3.8, 4) is 0 Å². The minimum absolute atomic E-state index is 0.189. The number of Topliss-reactive ketones (excluding diaryl/α,β-unsaturated/α-hetero) is 1. The highest BCUT2D eigenvalue weighted by Crippen LogP contribution is 2.26. The third kappa shape index (κ3) is 6.18. The molecule has 20 heavy (non-hydrogen) atoms. The molecule has 0 unspecified atom stereocenters. The predicted molar refractivity (Wildman–Crippen MR) is 89.2 cm³/mol. The van der Waals surface area contributed by atoms with Crippen molar-refractivity contribution in [1.29, 1.82) is 0 Å². The molecule has 0 aliphatic carbocycles. The third-order valence-electron chi connectivity index (χ3n) is 3.42. The molecule has 1 heteroatoms. The summed E-state index contributed by atoms with van der Waals surface area (Å²) in [7, 11) is 0. The molecule has 0 bridgehead atoms. The molecule has 0 spiro atoms. The van der Waals surface area contributed by atoms with E-state index in [9.17, 15) is 4.79 Å². The van der Waals surface area contributed by atoms with Gasteiger partial charge >= 0.3 is 0 Å². The van der Waals surface area contributed by atoms with Crippen LogP contribution in [0.1, 0.15) is 59.6 Å². The van der Waals surface area contributed by atoms with Crippen LogP contribution in [0, 0.1) is 5.41 Å². The zero-order valence-corrected chi connectivity index (χ0v) is 14.2. The van der Waals surface area contributed by atoms with E-state index in [-0.39, 0.29) is 16.6 Å². The van der Waals surface area contributed by atoms with E-state index in [1.54, 1.807) is 13.0 Å². The van der Waals surface area contributed by atoms with Gasteiger partial charge in [0.2, 0.25) is 0 Å². The number of carbonyl (C=O) groups is 1. The summed E-state index contributed by atoms with van der Waals surface area (Å²) in [5, 5.41) is 0. The fourth-order valence-corrected chi connectivity index (χ4v) is 1.76. The van der Waals surface area contributed by atoms with E-state index < -0.39 is 0 Å². The first-order valence-electron chi connectivity index (χ1n) is 7.22. The first-order chi connectivity index (χ1) is 9.04. The van der Waals surface area contributed by atoms with Crippen molar-refractivity contribution in [3.63, 3.8) is 0 Å². The van der Waals surface area contributed by atoms with Gasteiger partial charge in [-0.05, 0) is 36.8 Å². The lowest BCUT2D eigenvalue weighted by Gasteiger charge is -2.23. The molecular formula is C19H30O. The Morgan fingerprint density at radius 3 is 1.80 bits per heavy atom. The van der Waals surface area contributed by atoms with E-state index in [4.69, 9.17) is 0 Å². The second-order valence-electron chi connectivity index (χ2n) is 6.97. The number of hydrogen-bond donors (Lipinski definition) is 0. The zero-order chi connectivity index (χ0) is 16.0. The maximum Gasteiger partial charge on any atom is 0.135 e. The van der Waals surface area contributed by atoms with Crippen LogP contribution in [-0.2, 0) is 16.6 Å². The molecule has 0 aliphatic heterocycles. The van der Waals surface area contributed by atoms with Gasteiger partial charge in [0.1, 0.15) is 5.78 Å². The van der Waals surface area contributed by atoms with Crippen molar-refractivity contribution in [1.82, 2.24) is 0 Å². The van der Waals surface area contributed by atoms with Crippen LogP contribution in [0.2, 0.25) is 0 Å². The smallest absolute Gasteiger partial charge is 0.135 e. The van der Waals surface area contributed by atoms with Crippen molar-refractivity contribution in [2.24, 2.45) is 5.41 Å². The van der Waals surface area contributed by atoms with Gasteiger partial charge in [-0.1, -0.05) is 65.0 Å². The normalized spacial score (nSPS) is 11.3. The van der Waals surface area contributed by atoms with Gasteiger partial charge in [0.15, 0.2) is 0 Å². The molecule has 0 saturated heterocycles. The van der Waals surface area contributed by atoms with E-state index in [0.29, 0.717) is 0 Å². The van der Waals surface area contributed by atoms with E-state index in [0.717, 1.165) is 6.42 Å². The number of ketones is 1. The van der Waals surface area contributed by atoms with Gasteiger partial charge in [0.25, 0.3) is 0 Å². The van der Waals surface area contributed by atoms with Gasteiger partial charge < -0.3 is 0 Å². The van der Waals surface area contributed by atoms with Crippen molar-refractivity contribution >= 4 is 5.78 Å². The number of benzene rings is 1. The highest BCUT2D eigenvalue weighted by Gasteiger charge is 2.24. The van der Waals surface area contributed by atoms with Crippen LogP contribution >= 0.6 is 0 Å². The van der Waals surface area contributed by atoms with Gasteiger partial charge in [0.05, 0.1) is 0 Å². The van der Waals surface area contributed by atoms with Crippen molar-refractivity contribution in [2.45, 2.75) is 60.3 Å². The first-order valence-corrected chi connectivity index (χ1v) is 7.22. The fourth-order valence-electron chi connectivity index (χ4n) is 1.76. The Balaban J connectivity index is 0.00000110. The second-order valence-corrected chi connectivity index (χ2v) is 6.97. The largest absolute Gasteiger partial charge is 0.299 e. The summed E-state index contributed by atoms with van der Waals surface area (Å²) < 4.78 is 0. The molecule has 0 saturated carbocycles. The monoisotopic (exact) mass is 274 g/mol. The van der Waals surface area contributed by atoms with Gasteiger partial charge in [-0.2, -0.15) is 0 Å². The summed E-state index contributed by atoms with van der Waals surface area (Å²) in [4.78, 5) is 11.5. The summed E-state index contributed by atoms with van der Waals surface area (Å²) in [6, 6.07) is 8.63. The highest BCUT2D eigenvalue weighted by atomic mass is 16.1. The Morgan fingerprint density at radius 2 is 1.50 bits per heavy atom. The Hall–Kier alpha value is -1.37. The van der Waals surface area contributed by atoms with Crippen LogP contribution in [0.25, 0.3) is 0 Å². The fraction of sp³-hybridized carbons (Fsp3) is 0.526. The Morgan fingerprint density at radius 1 is 1.10 bits per heavy atom. The minimum atomic E-state index is -0.261. The van der Waals surface area contributed by atoms with Gasteiger partial charge in [-0.15, -0.1) is 6.58 Å². The SMILES string of the molecule is C=CC.CC(=O)C(C)(C)Cc1ccc(C(C)(C)C)cc1. The third-order valence-corrected chi connectivity index (χ3v) is 3.42. The minimum Gasteiger partial charge on any atom is -0.299 e. The predicted octanol–water partition coefficient (Wildman–Crippen LogP) is 5.33. The summed E-state index contributed by atoms with van der Waals surface area (Å²) in [6.07, 6.45) is 2.56. The zero-order valence-electron chi connectivity index (χ0n) is 14.2. The molecule has 0 heterocycles. The molecule has 0 aromatic heterocycles. The maximum absolute atomic E-state index is 11.5. The summed E-state index contributed by atoms with van der Waals surface area (Å²) in [6.45, 7) is 17.6. The molecule has 0 radical (unpaired) electrons. The van der Waals surface area contributed by atoms with Gasteiger partial charge in [-0.25, -0.2) is 0 Å². The van der Waals surface area contributed by atoms with E-state index in [1.165, 1.54) is 11.1 Å². The average Bonchev–Trinajstić information content (AvgIpc) is 2.28. The average molecular weight is 274 g/mol. The maximum atomic E-state index is 11.5. The van der Waals surface area contributed by atoms with Gasteiger partial charge in [-0.3, -0.25) is 4.79 Å². The standard InChI is InChI=1S/C16H24O.C3H6/c1-12(17)16(5,6)11-13-7-9-14(10-8-13)15(2,3)4;1-3-2/h7-10H,11H2,1-6H3;3H,1H2,2H3. The Bertz CT molecular complexity index is 430. The summed E-state index contributed by atoms with van der Waals surface area (Å²) in [5.41, 5.74) is 2.50. The lowest BCUT2D eigenvalue weighted by molar-refractivity contribution is -0.124. The lowest BCUT2D eigenvalue weighted by Crippen LogP contribution is -2.24. The van der Waals surface area contributed by atoms with Crippen molar-refractivity contribution < 1.29 is 4.79 Å². The van der Waals surface area contributed by atoms with E-state index >= 15 is 0 Å². The molecule has 1 aromatic carbocycles. The number of carbonyl (C=O) groups excluding carboxylic acids is 1. The van der Waals surface area contributed by atoms with Crippen LogP contribution in [0.15, 0.2) is 36.9 Å². The number of rotatable bonds is 3.